The minimum absolute atomic E-state index is 0.0223. The molecule has 8 rings (SSSR count). The van der Waals surface area contributed by atoms with E-state index in [0.29, 0.717) is 67.2 Å². The number of aliphatic hydroxyl groups is 1. The zero-order valence-electron chi connectivity index (χ0n) is 42.1. The van der Waals surface area contributed by atoms with Crippen molar-refractivity contribution in [3.05, 3.63) is 129 Å². The Morgan fingerprint density at radius 1 is 0.921 bits per heavy atom. The van der Waals surface area contributed by atoms with Gasteiger partial charge in [-0.1, -0.05) is 56.0 Å². The second-order valence-corrected chi connectivity index (χ2v) is 19.9. The Morgan fingerprint density at radius 3 is 2.36 bits per heavy atom. The van der Waals surface area contributed by atoms with Gasteiger partial charge in [0.2, 0.25) is 11.8 Å². The molecular weight excluding hydrogens is 1020 g/mol. The van der Waals surface area contributed by atoms with Crippen molar-refractivity contribution in [2.45, 2.75) is 64.4 Å². The average Bonchev–Trinajstić information content (AvgIpc) is 4.29. The molecule has 0 aliphatic carbocycles. The molecule has 3 aromatic carbocycles. The van der Waals surface area contributed by atoms with Crippen LogP contribution < -0.4 is 15.4 Å². The van der Waals surface area contributed by atoms with Gasteiger partial charge in [-0.3, -0.25) is 24.5 Å². The van der Waals surface area contributed by atoms with Gasteiger partial charge in [-0.05, 0) is 65.0 Å². The van der Waals surface area contributed by atoms with E-state index in [1.54, 1.807) is 41.0 Å². The second-order valence-electron chi connectivity index (χ2n) is 18.1. The number of phenols is 1. The minimum atomic E-state index is -1.34. The number of carbonyl (C=O) groups excluding carboxylic acids is 4. The van der Waals surface area contributed by atoms with E-state index < -0.39 is 41.7 Å². The number of aliphatic hydroxyl groups excluding tert-OH is 1. The molecule has 2 aliphatic heterocycles. The number of hydrogen-bond donors (Lipinski definition) is 4. The van der Waals surface area contributed by atoms with Gasteiger partial charge in [0.1, 0.15) is 42.8 Å². The Labute approximate surface area is 446 Å². The molecule has 3 aromatic heterocycles. The van der Waals surface area contributed by atoms with Crippen LogP contribution in [0.2, 0.25) is 0 Å². The van der Waals surface area contributed by atoms with Crippen LogP contribution in [0.1, 0.15) is 76.3 Å². The van der Waals surface area contributed by atoms with Gasteiger partial charge in [-0.25, -0.2) is 14.4 Å². The first-order chi connectivity index (χ1) is 36.8. The first kappa shape index (κ1) is 55.1. The standard InChI is InChI=1S/C54H58FN7O12S2/c1-33(2)47(53(68)61-31-40(63)27-43(61)50(65)57-29-36-7-9-37(10-8-36)49-34(3)58-32-76-49)45-28-46(60-74-45)73-23-22-72-21-20-71-19-18-70-17-16-69-15-4-5-35-6-11-38-30-62(52(67)41(38)25-35)48(42-26-39(55)12-13-44(42)64)51(66)59-54-56-14-24-75-54/h6-14,24-26,28,32-33,40,43,47-48,63-64H,15-23,27,29-31H2,1-3H3,(H,57,65)(H,56,59,66)/t40-,43+,47?,48?/m1/s1. The number of hydrogen-bond acceptors (Lipinski definition) is 17. The van der Waals surface area contributed by atoms with Crippen LogP contribution in [-0.2, 0) is 46.4 Å². The van der Waals surface area contributed by atoms with Crippen molar-refractivity contribution in [3.8, 4) is 33.9 Å². The number of anilines is 1. The van der Waals surface area contributed by atoms with Crippen LogP contribution in [0.5, 0.6) is 11.6 Å². The summed E-state index contributed by atoms with van der Waals surface area (Å²) in [6.07, 6.45) is 0.790. The Kier molecular flexibility index (Phi) is 19.3. The second kappa shape index (κ2) is 26.6. The SMILES string of the molecule is Cc1ncsc1-c1ccc(CNC(=O)[C@@H]2C[C@@H](O)CN2C(=O)C(c2cc(OCCOCCOCCOCCOCC#Cc3ccc4c(c3)C(=O)N(C(C(=O)Nc3nccs3)c3cc(F)ccc3O)C4)no2)C(C)C)cc1. The number of aromatic hydroxyl groups is 1. The molecule has 0 radical (unpaired) electrons. The fraction of sp³-hybridized carbons (Fsp3) is 0.389. The topological polar surface area (TPSA) is 237 Å². The van der Waals surface area contributed by atoms with Crippen LogP contribution in [0.3, 0.4) is 0 Å². The van der Waals surface area contributed by atoms with Gasteiger partial charge in [0.15, 0.2) is 10.9 Å². The summed E-state index contributed by atoms with van der Waals surface area (Å²) in [5, 5.41) is 32.8. The molecule has 1 fully saturated rings. The number of carbonyl (C=O) groups is 4. The Morgan fingerprint density at radius 2 is 1.66 bits per heavy atom. The molecule has 19 nitrogen and oxygen atoms in total. The summed E-state index contributed by atoms with van der Waals surface area (Å²) >= 11 is 2.75. The number of phenolic OH excluding ortho intramolecular Hbond substituents is 1. The van der Waals surface area contributed by atoms with E-state index in [1.165, 1.54) is 27.3 Å². The number of halogens is 1. The summed E-state index contributed by atoms with van der Waals surface area (Å²) < 4.78 is 48.0. The molecule has 76 heavy (non-hydrogen) atoms. The number of ether oxygens (including phenoxy) is 5. The largest absolute Gasteiger partial charge is 0.508 e. The van der Waals surface area contributed by atoms with Crippen molar-refractivity contribution in [2.24, 2.45) is 5.92 Å². The van der Waals surface area contributed by atoms with Crippen LogP contribution in [-0.4, -0.2) is 137 Å². The summed E-state index contributed by atoms with van der Waals surface area (Å²) in [6.45, 7) is 8.54. The van der Waals surface area contributed by atoms with E-state index in [1.807, 2.05) is 50.5 Å². The van der Waals surface area contributed by atoms with Gasteiger partial charge in [-0.15, -0.1) is 22.7 Å². The molecule has 2 unspecified atom stereocenters. The molecule has 0 bridgehead atoms. The van der Waals surface area contributed by atoms with Gasteiger partial charge in [0.25, 0.3) is 17.7 Å². The van der Waals surface area contributed by atoms with E-state index in [0.717, 1.165) is 39.9 Å². The average molecular weight is 1080 g/mol. The Hall–Kier alpha value is -7.10. The van der Waals surface area contributed by atoms with Crippen LogP contribution >= 0.6 is 22.7 Å². The lowest BCUT2D eigenvalue weighted by Gasteiger charge is -2.28. The van der Waals surface area contributed by atoms with Gasteiger partial charge in [0, 0.05) is 60.4 Å². The predicted octanol–water partition coefficient (Wildman–Crippen LogP) is 6.26. The highest BCUT2D eigenvalue weighted by atomic mass is 32.1. The first-order valence-electron chi connectivity index (χ1n) is 24.6. The third kappa shape index (κ3) is 14.2. The fourth-order valence-corrected chi connectivity index (χ4v) is 10.1. The lowest BCUT2D eigenvalue weighted by atomic mass is 9.91. The monoisotopic (exact) mass is 1080 g/mol. The lowest BCUT2D eigenvalue weighted by Crippen LogP contribution is -2.48. The highest BCUT2D eigenvalue weighted by Gasteiger charge is 2.44. The number of rotatable bonds is 25. The first-order valence-corrected chi connectivity index (χ1v) is 26.4. The van der Waals surface area contributed by atoms with Gasteiger partial charge in [-0.2, -0.15) is 0 Å². The summed E-state index contributed by atoms with van der Waals surface area (Å²) in [6, 6.07) is 15.7. The number of nitrogens with zero attached hydrogens (tertiary/aromatic N) is 5. The highest BCUT2D eigenvalue weighted by molar-refractivity contribution is 7.14. The third-order valence-corrected chi connectivity index (χ3v) is 14.2. The van der Waals surface area contributed by atoms with E-state index >= 15 is 0 Å². The molecule has 1 saturated heterocycles. The van der Waals surface area contributed by atoms with E-state index in [2.05, 4.69) is 37.6 Å². The Bertz CT molecular complexity index is 2990. The lowest BCUT2D eigenvalue weighted by molar-refractivity contribution is -0.141. The number of benzene rings is 3. The zero-order valence-corrected chi connectivity index (χ0v) is 43.7. The number of amides is 4. The maximum Gasteiger partial charge on any atom is 0.255 e. The van der Waals surface area contributed by atoms with Crippen molar-refractivity contribution in [1.82, 2.24) is 30.2 Å². The highest BCUT2D eigenvalue weighted by Crippen LogP contribution is 2.37. The van der Waals surface area contributed by atoms with Crippen LogP contribution in [0.25, 0.3) is 10.4 Å². The molecule has 4 amide bonds. The summed E-state index contributed by atoms with van der Waals surface area (Å²) in [4.78, 5) is 66.8. The summed E-state index contributed by atoms with van der Waals surface area (Å²) in [5.74, 6) is 2.61. The molecule has 0 spiro atoms. The quantitative estimate of drug-likeness (QED) is 0.0366. The van der Waals surface area contributed by atoms with Crippen molar-refractivity contribution in [3.63, 3.8) is 0 Å². The smallest absolute Gasteiger partial charge is 0.255 e. The van der Waals surface area contributed by atoms with Gasteiger partial charge >= 0.3 is 0 Å². The molecule has 4 N–H and O–H groups in total. The number of thiazole rings is 2. The van der Waals surface area contributed by atoms with E-state index in [4.69, 9.17) is 28.2 Å². The molecule has 6 aromatic rings. The van der Waals surface area contributed by atoms with Crippen LogP contribution in [0, 0.1) is 30.5 Å². The molecule has 400 valence electrons. The number of aryl methyl sites for hydroxylation is 1. The number of aromatic nitrogens is 3. The number of nitrogens with one attached hydrogen (secondary N) is 2. The van der Waals surface area contributed by atoms with Crippen LogP contribution in [0.15, 0.2) is 88.3 Å². The summed E-state index contributed by atoms with van der Waals surface area (Å²) in [5.41, 5.74) is 6.23. The molecule has 5 heterocycles. The Balaban J connectivity index is 0.678. The zero-order chi connectivity index (χ0) is 53.6. The minimum Gasteiger partial charge on any atom is -0.508 e. The van der Waals surface area contributed by atoms with Gasteiger partial charge < -0.3 is 53.5 Å². The summed E-state index contributed by atoms with van der Waals surface area (Å²) in [7, 11) is 0. The molecule has 0 saturated carbocycles. The van der Waals surface area contributed by atoms with Crippen LogP contribution in [0.4, 0.5) is 9.52 Å². The normalized spacial score (nSPS) is 15.8. The third-order valence-electron chi connectivity index (χ3n) is 12.5. The maximum absolute atomic E-state index is 14.3. The van der Waals surface area contributed by atoms with Gasteiger partial charge in [0.05, 0.1) is 68.4 Å². The van der Waals surface area contributed by atoms with Crippen molar-refractivity contribution >= 4 is 51.4 Å². The molecule has 4 atom stereocenters. The molecule has 2 aliphatic rings. The fourth-order valence-electron chi connectivity index (χ4n) is 8.76. The molecule has 22 heteroatoms. The van der Waals surface area contributed by atoms with Crippen molar-refractivity contribution in [2.75, 3.05) is 71.3 Å². The van der Waals surface area contributed by atoms with Crippen molar-refractivity contribution in [1.29, 1.82) is 0 Å². The number of β-amino-alcohol motifs (C(OH)–C–C–N with tert-alkyl or cyclic N) is 1. The number of likely N-dealkylation sites (tertiary alicyclic amines) is 1. The molecular formula is C54H58FN7O12S2. The predicted molar refractivity (Wildman–Crippen MR) is 278 cm³/mol. The van der Waals surface area contributed by atoms with E-state index in [-0.39, 0.29) is 80.8 Å². The van der Waals surface area contributed by atoms with Crippen molar-refractivity contribution < 1.29 is 62.0 Å². The maximum atomic E-state index is 14.3. The number of fused-ring (bicyclic) bond motifs is 1. The van der Waals surface area contributed by atoms with E-state index in [9.17, 15) is 33.8 Å².